The maximum Gasteiger partial charge on any atom is 0.407 e. The summed E-state index contributed by atoms with van der Waals surface area (Å²) >= 11 is 0. The Labute approximate surface area is 151 Å². The zero-order valence-corrected chi connectivity index (χ0v) is 14.5. The summed E-state index contributed by atoms with van der Waals surface area (Å²) in [5.74, 6) is -1.04. The van der Waals surface area contributed by atoms with Gasteiger partial charge in [0.25, 0.3) is 0 Å². The van der Waals surface area contributed by atoms with Gasteiger partial charge in [-0.1, -0.05) is 48.5 Å². The molecule has 1 aliphatic carbocycles. The molecule has 1 atom stereocenters. The number of hydrogen-bond donors (Lipinski definition) is 2. The molecule has 0 radical (unpaired) electrons. The number of carboxylic acid groups (broad SMARTS) is 1. The fourth-order valence-electron chi connectivity index (χ4n) is 3.37. The molecule has 0 saturated heterocycles. The lowest BCUT2D eigenvalue weighted by Gasteiger charge is -2.18. The van der Waals surface area contributed by atoms with E-state index in [9.17, 15) is 9.59 Å². The summed E-state index contributed by atoms with van der Waals surface area (Å²) in [5, 5.41) is 11.5. The number of carbonyl (C=O) groups is 2. The first kappa shape index (κ1) is 17.9. The van der Waals surface area contributed by atoms with E-state index >= 15 is 0 Å². The predicted octanol–water partition coefficient (Wildman–Crippen LogP) is 3.01. The highest BCUT2D eigenvalue weighted by Crippen LogP contribution is 2.44. The van der Waals surface area contributed by atoms with E-state index in [1.54, 1.807) is 0 Å². The molecule has 1 amide bonds. The number of aliphatic carboxylic acids is 1. The van der Waals surface area contributed by atoms with E-state index < -0.39 is 18.1 Å². The molecule has 26 heavy (non-hydrogen) atoms. The second-order valence-corrected chi connectivity index (χ2v) is 6.22. The molecule has 0 bridgehead atoms. The summed E-state index contributed by atoms with van der Waals surface area (Å²) in [6.07, 6.45) is -0.868. The number of ether oxygens (including phenoxy) is 2. The Balaban J connectivity index is 1.68. The van der Waals surface area contributed by atoms with Crippen LogP contribution in [0.4, 0.5) is 4.79 Å². The second kappa shape index (κ2) is 8.01. The summed E-state index contributed by atoms with van der Waals surface area (Å²) in [4.78, 5) is 23.0. The average molecular weight is 355 g/mol. The van der Waals surface area contributed by atoms with Crippen LogP contribution in [0.3, 0.4) is 0 Å². The van der Waals surface area contributed by atoms with Gasteiger partial charge in [0, 0.05) is 13.0 Å². The minimum atomic E-state index is -1.01. The van der Waals surface area contributed by atoms with Crippen molar-refractivity contribution < 1.29 is 24.2 Å². The van der Waals surface area contributed by atoms with Gasteiger partial charge in [-0.3, -0.25) is 4.79 Å². The molecule has 0 spiro atoms. The van der Waals surface area contributed by atoms with Crippen LogP contribution in [0.2, 0.25) is 0 Å². The first-order valence-corrected chi connectivity index (χ1v) is 8.42. The molecule has 6 nitrogen and oxygen atoms in total. The van der Waals surface area contributed by atoms with Crippen molar-refractivity contribution in [2.75, 3.05) is 20.3 Å². The molecule has 2 aromatic carbocycles. The van der Waals surface area contributed by atoms with Crippen molar-refractivity contribution in [1.29, 1.82) is 0 Å². The van der Waals surface area contributed by atoms with Crippen molar-refractivity contribution in [3.63, 3.8) is 0 Å². The maximum atomic E-state index is 12.1. The highest BCUT2D eigenvalue weighted by molar-refractivity contribution is 5.79. The number of hydrogen-bond acceptors (Lipinski definition) is 4. The van der Waals surface area contributed by atoms with Crippen LogP contribution in [0.5, 0.6) is 0 Å². The standard InChI is InChI=1S/C20H21NO5/c1-25-11-13(10-19(22)23)21-20(24)26-12-18-16-8-4-2-6-14(16)15-7-3-5-9-17(15)18/h2-9,13,18H,10-12H2,1H3,(H,21,24)(H,22,23)/t13-/m0/s1. The van der Waals surface area contributed by atoms with Gasteiger partial charge >= 0.3 is 12.1 Å². The Morgan fingerprint density at radius 3 is 2.19 bits per heavy atom. The van der Waals surface area contributed by atoms with Crippen molar-refractivity contribution in [2.45, 2.75) is 18.4 Å². The first-order valence-electron chi connectivity index (χ1n) is 8.42. The van der Waals surface area contributed by atoms with E-state index in [2.05, 4.69) is 17.4 Å². The molecule has 6 heteroatoms. The molecule has 1 aliphatic rings. The summed E-state index contributed by atoms with van der Waals surface area (Å²) in [7, 11) is 1.45. The molecule has 0 saturated carbocycles. The summed E-state index contributed by atoms with van der Waals surface area (Å²) in [6, 6.07) is 15.5. The lowest BCUT2D eigenvalue weighted by atomic mass is 9.98. The van der Waals surface area contributed by atoms with Crippen molar-refractivity contribution in [3.8, 4) is 11.1 Å². The topological polar surface area (TPSA) is 84.9 Å². The number of alkyl carbamates (subject to hydrolysis) is 1. The van der Waals surface area contributed by atoms with E-state index in [1.165, 1.54) is 7.11 Å². The van der Waals surface area contributed by atoms with Crippen molar-refractivity contribution >= 4 is 12.1 Å². The fraction of sp³-hybridized carbons (Fsp3) is 0.300. The van der Waals surface area contributed by atoms with Gasteiger partial charge in [0.05, 0.1) is 19.1 Å². The Morgan fingerprint density at radius 2 is 1.65 bits per heavy atom. The minimum Gasteiger partial charge on any atom is -0.481 e. The highest BCUT2D eigenvalue weighted by Gasteiger charge is 2.29. The second-order valence-electron chi connectivity index (χ2n) is 6.22. The SMILES string of the molecule is COC[C@H](CC(=O)O)NC(=O)OCC1c2ccccc2-c2ccccc21. The third-order valence-corrected chi connectivity index (χ3v) is 4.45. The van der Waals surface area contributed by atoms with Gasteiger partial charge < -0.3 is 19.9 Å². The van der Waals surface area contributed by atoms with E-state index in [0.717, 1.165) is 22.3 Å². The first-order chi connectivity index (χ1) is 12.6. The zero-order valence-electron chi connectivity index (χ0n) is 14.5. The molecule has 0 aromatic heterocycles. The van der Waals surface area contributed by atoms with Crippen LogP contribution in [0.1, 0.15) is 23.5 Å². The lowest BCUT2D eigenvalue weighted by molar-refractivity contribution is -0.137. The highest BCUT2D eigenvalue weighted by atomic mass is 16.5. The molecular weight excluding hydrogens is 334 g/mol. The van der Waals surface area contributed by atoms with Gasteiger partial charge in [0.15, 0.2) is 0 Å². The molecule has 0 fully saturated rings. The third-order valence-electron chi connectivity index (χ3n) is 4.45. The van der Waals surface area contributed by atoms with Gasteiger partial charge in [-0.15, -0.1) is 0 Å². The van der Waals surface area contributed by atoms with Gasteiger partial charge in [-0.2, -0.15) is 0 Å². The van der Waals surface area contributed by atoms with Crippen LogP contribution < -0.4 is 5.32 Å². The minimum absolute atomic E-state index is 0.0338. The van der Waals surface area contributed by atoms with Gasteiger partial charge in [-0.05, 0) is 22.3 Å². The van der Waals surface area contributed by atoms with Crippen LogP contribution in [-0.2, 0) is 14.3 Å². The zero-order chi connectivity index (χ0) is 18.5. The van der Waals surface area contributed by atoms with Crippen LogP contribution in [0, 0.1) is 0 Å². The monoisotopic (exact) mass is 355 g/mol. The molecule has 0 unspecified atom stereocenters. The number of rotatable bonds is 7. The van der Waals surface area contributed by atoms with Crippen molar-refractivity contribution in [2.24, 2.45) is 0 Å². The molecule has 136 valence electrons. The summed E-state index contributed by atoms with van der Waals surface area (Å²) < 4.78 is 10.3. The summed E-state index contributed by atoms with van der Waals surface area (Å²) in [5.41, 5.74) is 4.56. The van der Waals surface area contributed by atoms with Crippen LogP contribution in [0.25, 0.3) is 11.1 Å². The van der Waals surface area contributed by atoms with Gasteiger partial charge in [-0.25, -0.2) is 4.79 Å². The Hall–Kier alpha value is -2.86. The molecular formula is C20H21NO5. The van der Waals surface area contributed by atoms with Crippen molar-refractivity contribution in [3.05, 3.63) is 59.7 Å². The quantitative estimate of drug-likeness (QED) is 0.797. The molecule has 2 aromatic rings. The number of amides is 1. The molecule has 0 heterocycles. The maximum absolute atomic E-state index is 12.1. The van der Waals surface area contributed by atoms with Gasteiger partial charge in [0.1, 0.15) is 6.61 Å². The van der Waals surface area contributed by atoms with E-state index in [0.29, 0.717) is 0 Å². The third kappa shape index (κ3) is 3.86. The largest absolute Gasteiger partial charge is 0.481 e. The van der Waals surface area contributed by atoms with Crippen molar-refractivity contribution in [1.82, 2.24) is 5.32 Å². The predicted molar refractivity (Wildman–Crippen MR) is 96.1 cm³/mol. The Kier molecular flexibility index (Phi) is 5.53. The molecule has 3 rings (SSSR count). The molecule has 2 N–H and O–H groups in total. The summed E-state index contributed by atoms with van der Waals surface area (Å²) in [6.45, 7) is 0.295. The Morgan fingerprint density at radius 1 is 1.08 bits per heavy atom. The smallest absolute Gasteiger partial charge is 0.407 e. The number of fused-ring (bicyclic) bond motifs is 3. The molecule has 0 aliphatic heterocycles. The van der Waals surface area contributed by atoms with Crippen LogP contribution >= 0.6 is 0 Å². The average Bonchev–Trinajstić information content (AvgIpc) is 2.94. The van der Waals surface area contributed by atoms with E-state index in [4.69, 9.17) is 14.6 Å². The number of benzene rings is 2. The number of methoxy groups -OCH3 is 1. The fourth-order valence-corrected chi connectivity index (χ4v) is 3.37. The van der Waals surface area contributed by atoms with Gasteiger partial charge in [0.2, 0.25) is 0 Å². The Bertz CT molecular complexity index is 759. The lowest BCUT2D eigenvalue weighted by Crippen LogP contribution is -2.40. The van der Waals surface area contributed by atoms with Crippen LogP contribution in [-0.4, -0.2) is 43.5 Å². The number of carbonyl (C=O) groups excluding carboxylic acids is 1. The van der Waals surface area contributed by atoms with E-state index in [-0.39, 0.29) is 25.6 Å². The number of carboxylic acids is 1. The number of nitrogens with one attached hydrogen (secondary N) is 1. The van der Waals surface area contributed by atoms with Crippen LogP contribution in [0.15, 0.2) is 48.5 Å². The van der Waals surface area contributed by atoms with E-state index in [1.807, 2.05) is 36.4 Å². The normalized spacial score (nSPS) is 13.6.